The SMILES string of the molecule is O=C(C=Cc1ccc2c(c1)OCO2)NCC1CCN(C(=O)C=Cc2ccc3c(c2)OCO3)CC1. The molecule has 3 aliphatic rings. The summed E-state index contributed by atoms with van der Waals surface area (Å²) in [7, 11) is 0. The summed E-state index contributed by atoms with van der Waals surface area (Å²) in [4.78, 5) is 26.6. The normalized spacial score (nSPS) is 17.0. The van der Waals surface area contributed by atoms with Gasteiger partial charge < -0.3 is 29.2 Å². The van der Waals surface area contributed by atoms with Crippen LogP contribution in [0.15, 0.2) is 48.6 Å². The molecule has 0 aliphatic carbocycles. The molecule has 0 aromatic heterocycles. The summed E-state index contributed by atoms with van der Waals surface area (Å²) in [5.41, 5.74) is 1.77. The number of hydrogen-bond acceptors (Lipinski definition) is 6. The minimum Gasteiger partial charge on any atom is -0.454 e. The molecule has 0 atom stereocenters. The van der Waals surface area contributed by atoms with E-state index in [1.54, 1.807) is 18.2 Å². The van der Waals surface area contributed by atoms with Crippen LogP contribution in [0.25, 0.3) is 12.2 Å². The number of ether oxygens (including phenoxy) is 4. The highest BCUT2D eigenvalue weighted by molar-refractivity contribution is 5.92. The van der Waals surface area contributed by atoms with Gasteiger partial charge >= 0.3 is 0 Å². The zero-order chi connectivity index (χ0) is 23.3. The number of nitrogens with one attached hydrogen (secondary N) is 1. The summed E-state index contributed by atoms with van der Waals surface area (Å²) < 4.78 is 21.3. The standard InChI is InChI=1S/C26H26N2O6/c29-25(7-3-18-1-5-21-23(13-18)33-16-31-21)27-15-20-9-11-28(12-10-20)26(30)8-4-19-2-6-22-24(14-19)34-17-32-22/h1-8,13-14,20H,9-12,15-17H2,(H,27,29). The van der Waals surface area contributed by atoms with E-state index in [2.05, 4.69) is 5.32 Å². The fourth-order valence-electron chi connectivity index (χ4n) is 4.14. The first-order valence-corrected chi connectivity index (χ1v) is 11.4. The van der Waals surface area contributed by atoms with Gasteiger partial charge in [0, 0.05) is 31.8 Å². The van der Waals surface area contributed by atoms with Crippen LogP contribution in [0.5, 0.6) is 23.0 Å². The first-order chi connectivity index (χ1) is 16.6. The highest BCUT2D eigenvalue weighted by atomic mass is 16.7. The van der Waals surface area contributed by atoms with Gasteiger partial charge in [-0.15, -0.1) is 0 Å². The lowest BCUT2D eigenvalue weighted by atomic mass is 9.96. The van der Waals surface area contributed by atoms with Crippen LogP contribution in [0.4, 0.5) is 0 Å². The summed E-state index contributed by atoms with van der Waals surface area (Å²) in [6.07, 6.45) is 8.39. The second-order valence-electron chi connectivity index (χ2n) is 8.41. The molecule has 34 heavy (non-hydrogen) atoms. The van der Waals surface area contributed by atoms with E-state index >= 15 is 0 Å². The Morgan fingerprint density at radius 2 is 1.38 bits per heavy atom. The molecule has 1 fully saturated rings. The van der Waals surface area contributed by atoms with Crippen molar-refractivity contribution in [3.8, 4) is 23.0 Å². The molecule has 0 unspecified atom stereocenters. The van der Waals surface area contributed by atoms with Gasteiger partial charge in [-0.05, 0) is 66.3 Å². The summed E-state index contributed by atoms with van der Waals surface area (Å²) in [5.74, 6) is 3.04. The van der Waals surface area contributed by atoms with E-state index in [0.29, 0.717) is 37.1 Å². The maximum absolute atomic E-state index is 12.6. The van der Waals surface area contributed by atoms with Crippen LogP contribution in [0, 0.1) is 5.92 Å². The number of likely N-dealkylation sites (tertiary alicyclic amines) is 1. The van der Waals surface area contributed by atoms with Crippen molar-refractivity contribution in [1.29, 1.82) is 0 Å². The molecule has 0 radical (unpaired) electrons. The second kappa shape index (κ2) is 9.91. The van der Waals surface area contributed by atoms with Crippen LogP contribution >= 0.6 is 0 Å². The van der Waals surface area contributed by atoms with Crippen molar-refractivity contribution in [1.82, 2.24) is 10.2 Å². The van der Waals surface area contributed by atoms with Crippen LogP contribution < -0.4 is 24.3 Å². The van der Waals surface area contributed by atoms with Crippen LogP contribution in [0.3, 0.4) is 0 Å². The van der Waals surface area contributed by atoms with Crippen molar-refractivity contribution in [2.45, 2.75) is 12.8 Å². The van der Waals surface area contributed by atoms with Crippen molar-refractivity contribution in [3.05, 3.63) is 59.7 Å². The summed E-state index contributed by atoms with van der Waals surface area (Å²) in [5, 5.41) is 2.96. The second-order valence-corrected chi connectivity index (χ2v) is 8.41. The third kappa shape index (κ3) is 5.17. The molecule has 2 aromatic carbocycles. The summed E-state index contributed by atoms with van der Waals surface area (Å²) in [6, 6.07) is 11.2. The first-order valence-electron chi connectivity index (χ1n) is 11.4. The number of piperidine rings is 1. The maximum atomic E-state index is 12.6. The van der Waals surface area contributed by atoms with E-state index in [4.69, 9.17) is 18.9 Å². The molecule has 176 valence electrons. The Labute approximate surface area is 197 Å². The molecule has 2 amide bonds. The lowest BCUT2D eigenvalue weighted by Crippen LogP contribution is -2.40. The zero-order valence-electron chi connectivity index (χ0n) is 18.7. The van der Waals surface area contributed by atoms with Gasteiger partial charge in [0.1, 0.15) is 0 Å². The Balaban J connectivity index is 1.04. The lowest BCUT2D eigenvalue weighted by molar-refractivity contribution is -0.127. The molecule has 3 aliphatic heterocycles. The fourth-order valence-corrected chi connectivity index (χ4v) is 4.14. The third-order valence-electron chi connectivity index (χ3n) is 6.13. The topological polar surface area (TPSA) is 86.3 Å². The average molecular weight is 463 g/mol. The molecule has 8 heteroatoms. The van der Waals surface area contributed by atoms with Gasteiger partial charge in [0.25, 0.3) is 0 Å². The van der Waals surface area contributed by atoms with E-state index in [1.807, 2.05) is 41.3 Å². The minimum atomic E-state index is -0.136. The Morgan fingerprint density at radius 3 is 2.00 bits per heavy atom. The van der Waals surface area contributed by atoms with Gasteiger partial charge in [-0.2, -0.15) is 0 Å². The van der Waals surface area contributed by atoms with Crippen molar-refractivity contribution in [2.75, 3.05) is 33.2 Å². The van der Waals surface area contributed by atoms with Crippen LogP contribution in [0.1, 0.15) is 24.0 Å². The number of fused-ring (bicyclic) bond motifs is 2. The van der Waals surface area contributed by atoms with Gasteiger partial charge in [-0.3, -0.25) is 9.59 Å². The molecule has 5 rings (SSSR count). The van der Waals surface area contributed by atoms with Crippen molar-refractivity contribution in [3.63, 3.8) is 0 Å². The predicted octanol–water partition coefficient (Wildman–Crippen LogP) is 3.23. The molecule has 3 heterocycles. The fraction of sp³-hybridized carbons (Fsp3) is 0.308. The largest absolute Gasteiger partial charge is 0.454 e. The highest BCUT2D eigenvalue weighted by Gasteiger charge is 2.22. The smallest absolute Gasteiger partial charge is 0.246 e. The van der Waals surface area contributed by atoms with Crippen LogP contribution in [-0.4, -0.2) is 49.9 Å². The summed E-state index contributed by atoms with van der Waals surface area (Å²) >= 11 is 0. The van der Waals surface area contributed by atoms with Gasteiger partial charge in [0.2, 0.25) is 25.4 Å². The molecule has 1 saturated heterocycles. The van der Waals surface area contributed by atoms with Crippen LogP contribution in [-0.2, 0) is 9.59 Å². The van der Waals surface area contributed by atoms with E-state index in [-0.39, 0.29) is 25.4 Å². The van der Waals surface area contributed by atoms with Gasteiger partial charge in [0.05, 0.1) is 0 Å². The molecule has 2 aromatic rings. The Kier molecular flexibility index (Phi) is 6.38. The number of carbonyl (C=O) groups excluding carboxylic acids is 2. The van der Waals surface area contributed by atoms with Gasteiger partial charge in [0.15, 0.2) is 23.0 Å². The van der Waals surface area contributed by atoms with Crippen molar-refractivity contribution in [2.24, 2.45) is 5.92 Å². The zero-order valence-corrected chi connectivity index (χ0v) is 18.7. The Hall–Kier alpha value is -3.94. The van der Waals surface area contributed by atoms with Gasteiger partial charge in [-0.1, -0.05) is 12.1 Å². The molecule has 1 N–H and O–H groups in total. The maximum Gasteiger partial charge on any atom is 0.246 e. The van der Waals surface area contributed by atoms with Crippen molar-refractivity contribution >= 4 is 24.0 Å². The Morgan fingerprint density at radius 1 is 0.824 bits per heavy atom. The van der Waals surface area contributed by atoms with E-state index in [0.717, 1.165) is 35.5 Å². The van der Waals surface area contributed by atoms with Gasteiger partial charge in [-0.25, -0.2) is 0 Å². The number of benzene rings is 2. The number of hydrogen-bond donors (Lipinski definition) is 1. The minimum absolute atomic E-state index is 0.00758. The first kappa shape index (κ1) is 21.9. The molecule has 8 nitrogen and oxygen atoms in total. The quantitative estimate of drug-likeness (QED) is 0.664. The Bertz CT molecular complexity index is 1130. The number of amides is 2. The molecule has 0 saturated carbocycles. The molecule has 0 spiro atoms. The monoisotopic (exact) mass is 462 g/mol. The van der Waals surface area contributed by atoms with E-state index in [1.165, 1.54) is 6.08 Å². The number of rotatable bonds is 6. The van der Waals surface area contributed by atoms with E-state index < -0.39 is 0 Å². The average Bonchev–Trinajstić information content (AvgIpc) is 3.53. The predicted molar refractivity (Wildman–Crippen MR) is 126 cm³/mol. The number of carbonyl (C=O) groups is 2. The highest BCUT2D eigenvalue weighted by Crippen LogP contribution is 2.33. The molecular formula is C26H26N2O6. The molecule has 0 bridgehead atoms. The third-order valence-corrected chi connectivity index (χ3v) is 6.13. The van der Waals surface area contributed by atoms with E-state index in [9.17, 15) is 9.59 Å². The van der Waals surface area contributed by atoms with Crippen molar-refractivity contribution < 1.29 is 28.5 Å². The molecular weight excluding hydrogens is 436 g/mol. The lowest BCUT2D eigenvalue weighted by Gasteiger charge is -2.31. The number of nitrogens with zero attached hydrogens (tertiary/aromatic N) is 1. The van der Waals surface area contributed by atoms with Crippen LogP contribution in [0.2, 0.25) is 0 Å². The summed E-state index contributed by atoms with van der Waals surface area (Å²) in [6.45, 7) is 2.41.